The van der Waals surface area contributed by atoms with Gasteiger partial charge in [0.15, 0.2) is 0 Å². The molecular weight excluding hydrogens is 340 g/mol. The van der Waals surface area contributed by atoms with Crippen LogP contribution in [0.15, 0.2) is 30.3 Å². The molecule has 2 atom stereocenters. The predicted molar refractivity (Wildman–Crippen MR) is 96.8 cm³/mol. The largest absolute Gasteiger partial charge is 0.467 e. The van der Waals surface area contributed by atoms with Crippen LogP contribution in [0, 0.1) is 0 Å². The van der Waals surface area contributed by atoms with Gasteiger partial charge in [0.05, 0.1) is 12.9 Å². The lowest BCUT2D eigenvalue weighted by Crippen LogP contribution is -2.40. The van der Waals surface area contributed by atoms with Crippen LogP contribution in [0.5, 0.6) is 0 Å². The van der Waals surface area contributed by atoms with Crippen molar-refractivity contribution in [2.24, 2.45) is 0 Å². The van der Waals surface area contributed by atoms with Gasteiger partial charge < -0.3 is 15.0 Å². The molecule has 0 radical (unpaired) electrons. The molecule has 0 aliphatic carbocycles. The molecule has 1 aliphatic rings. The minimum Gasteiger partial charge on any atom is -0.467 e. The zero-order valence-corrected chi connectivity index (χ0v) is 15.4. The molecule has 7 heteroatoms. The van der Waals surface area contributed by atoms with Crippen LogP contribution in [0.25, 0.3) is 0 Å². The number of benzene rings is 1. The number of nitrogens with zero attached hydrogens (tertiary/aromatic N) is 1. The first kappa shape index (κ1) is 19.3. The Bertz CT molecular complexity index is 608. The Morgan fingerprint density at radius 3 is 2.68 bits per heavy atom. The van der Waals surface area contributed by atoms with Crippen molar-refractivity contribution in [1.82, 2.24) is 10.2 Å². The highest BCUT2D eigenvalue weighted by Gasteiger charge is 2.32. The van der Waals surface area contributed by atoms with Gasteiger partial charge in [0, 0.05) is 13.5 Å². The number of carbonyl (C=O) groups excluding carboxylic acids is 3. The minimum absolute atomic E-state index is 0.0560. The average molecular weight is 364 g/mol. The van der Waals surface area contributed by atoms with Crippen molar-refractivity contribution in [3.05, 3.63) is 35.9 Å². The van der Waals surface area contributed by atoms with E-state index in [4.69, 9.17) is 4.74 Å². The van der Waals surface area contributed by atoms with Crippen molar-refractivity contribution in [3.8, 4) is 0 Å². The van der Waals surface area contributed by atoms with Gasteiger partial charge >= 0.3 is 5.97 Å². The summed E-state index contributed by atoms with van der Waals surface area (Å²) in [5, 5.41) is 2.66. The Morgan fingerprint density at radius 2 is 2.04 bits per heavy atom. The number of nitrogens with one attached hydrogen (secondary N) is 1. The summed E-state index contributed by atoms with van der Waals surface area (Å²) in [6, 6.07) is 9.36. The zero-order chi connectivity index (χ0) is 18.2. The van der Waals surface area contributed by atoms with E-state index in [9.17, 15) is 14.4 Å². The molecule has 2 rings (SSSR count). The summed E-state index contributed by atoms with van der Waals surface area (Å²) in [6.07, 6.45) is 1.98. The molecule has 0 spiro atoms. The summed E-state index contributed by atoms with van der Waals surface area (Å²) in [4.78, 5) is 36.9. The monoisotopic (exact) mass is 364 g/mol. The third kappa shape index (κ3) is 5.49. The maximum Gasteiger partial charge on any atom is 0.328 e. The van der Waals surface area contributed by atoms with Gasteiger partial charge in [0.1, 0.15) is 11.4 Å². The molecule has 0 saturated carbocycles. The molecule has 1 fully saturated rings. The second-order valence-corrected chi connectivity index (χ2v) is 7.00. The number of rotatable bonds is 8. The number of hydrogen-bond acceptors (Lipinski definition) is 5. The van der Waals surface area contributed by atoms with Gasteiger partial charge in [-0.2, -0.15) is 0 Å². The van der Waals surface area contributed by atoms with E-state index in [-0.39, 0.29) is 17.2 Å². The maximum atomic E-state index is 12.2. The predicted octanol–water partition coefficient (Wildman–Crippen LogP) is 2.11. The summed E-state index contributed by atoms with van der Waals surface area (Å²) < 4.78 is 4.71. The molecule has 1 aromatic rings. The first-order valence-corrected chi connectivity index (χ1v) is 9.38. The summed E-state index contributed by atoms with van der Waals surface area (Å²) in [5.41, 5.74) is 1.13. The fraction of sp³-hybridized carbons (Fsp3) is 0.500. The van der Waals surface area contributed by atoms with Crippen LogP contribution >= 0.6 is 11.8 Å². The van der Waals surface area contributed by atoms with Gasteiger partial charge in [-0.25, -0.2) is 4.79 Å². The number of thioether (sulfide) groups is 1. The van der Waals surface area contributed by atoms with Gasteiger partial charge in [0.25, 0.3) is 0 Å². The van der Waals surface area contributed by atoms with E-state index in [1.807, 2.05) is 35.2 Å². The molecule has 1 saturated heterocycles. The average Bonchev–Trinajstić information content (AvgIpc) is 2.98. The molecule has 1 N–H and O–H groups in total. The second kappa shape index (κ2) is 9.46. The molecular formula is C18H24N2O4S. The van der Waals surface area contributed by atoms with Crippen LogP contribution < -0.4 is 5.32 Å². The van der Waals surface area contributed by atoms with Gasteiger partial charge in [-0.3, -0.25) is 9.59 Å². The van der Waals surface area contributed by atoms with Gasteiger partial charge in [-0.05, 0) is 24.8 Å². The van der Waals surface area contributed by atoms with E-state index >= 15 is 0 Å². The molecule has 0 bridgehead atoms. The summed E-state index contributed by atoms with van der Waals surface area (Å²) in [6.45, 7) is 2.01. The maximum absolute atomic E-state index is 12.2. The van der Waals surface area contributed by atoms with Gasteiger partial charge in [-0.1, -0.05) is 30.3 Å². The van der Waals surface area contributed by atoms with E-state index in [1.165, 1.54) is 14.0 Å². The van der Waals surface area contributed by atoms with Crippen LogP contribution in [-0.2, 0) is 19.1 Å². The van der Waals surface area contributed by atoms with E-state index in [2.05, 4.69) is 5.32 Å². The van der Waals surface area contributed by atoms with E-state index in [0.717, 1.165) is 18.4 Å². The number of carbonyl (C=O) groups is 3. The third-order valence-electron chi connectivity index (χ3n) is 4.06. The van der Waals surface area contributed by atoms with Crippen molar-refractivity contribution in [2.75, 3.05) is 19.4 Å². The van der Waals surface area contributed by atoms with Gasteiger partial charge in [-0.15, -0.1) is 11.8 Å². The topological polar surface area (TPSA) is 75.7 Å². The number of ether oxygens (including phenoxy) is 1. The third-order valence-corrected chi connectivity index (χ3v) is 5.31. The number of esters is 1. The Kier molecular flexibility index (Phi) is 7.31. The van der Waals surface area contributed by atoms with E-state index < -0.39 is 12.0 Å². The highest BCUT2D eigenvalue weighted by Crippen LogP contribution is 2.38. The molecule has 6 nitrogen and oxygen atoms in total. The minimum atomic E-state index is -0.629. The van der Waals surface area contributed by atoms with Crippen LogP contribution in [0.3, 0.4) is 0 Å². The van der Waals surface area contributed by atoms with Crippen molar-refractivity contribution >= 4 is 29.5 Å². The second-order valence-electron chi connectivity index (χ2n) is 5.93. The summed E-state index contributed by atoms with van der Waals surface area (Å²) in [7, 11) is 1.31. The number of unbranched alkanes of at least 4 members (excludes halogenated alkanes) is 1. The molecule has 2 unspecified atom stereocenters. The fourth-order valence-corrected chi connectivity index (χ4v) is 4.08. The van der Waals surface area contributed by atoms with Gasteiger partial charge in [0.2, 0.25) is 11.8 Å². The normalized spacial score (nSPS) is 18.1. The van der Waals surface area contributed by atoms with E-state index in [0.29, 0.717) is 18.7 Å². The van der Waals surface area contributed by atoms with Crippen LogP contribution in [0.2, 0.25) is 0 Å². The summed E-state index contributed by atoms with van der Waals surface area (Å²) in [5.74, 6) is -0.0583. The van der Waals surface area contributed by atoms with Crippen molar-refractivity contribution in [3.63, 3.8) is 0 Å². The summed E-state index contributed by atoms with van der Waals surface area (Å²) >= 11 is 1.64. The quantitative estimate of drug-likeness (QED) is 0.565. The van der Waals surface area contributed by atoms with Crippen LogP contribution in [-0.4, -0.2) is 48.1 Å². The number of methoxy groups -OCH3 is 1. The lowest BCUT2D eigenvalue weighted by Gasteiger charge is -2.24. The van der Waals surface area contributed by atoms with Crippen molar-refractivity contribution < 1.29 is 19.1 Å². The molecule has 0 aromatic heterocycles. The number of hydrogen-bond donors (Lipinski definition) is 1. The van der Waals surface area contributed by atoms with Crippen molar-refractivity contribution in [2.45, 2.75) is 37.6 Å². The Labute approximate surface area is 152 Å². The Morgan fingerprint density at radius 1 is 1.32 bits per heavy atom. The molecule has 1 aliphatic heterocycles. The lowest BCUT2D eigenvalue weighted by molar-refractivity contribution is -0.145. The SMILES string of the molecule is COC(=O)C(CCCCN1C(=O)CSC1c1ccccc1)NC(C)=O. The Hall–Kier alpha value is -2.02. The molecule has 1 aromatic carbocycles. The highest BCUT2D eigenvalue weighted by atomic mass is 32.2. The molecule has 1 heterocycles. The zero-order valence-electron chi connectivity index (χ0n) is 14.6. The molecule has 25 heavy (non-hydrogen) atoms. The lowest BCUT2D eigenvalue weighted by atomic mass is 10.1. The van der Waals surface area contributed by atoms with Crippen LogP contribution in [0.1, 0.15) is 37.1 Å². The standard InChI is InChI=1S/C18H24N2O4S/c1-13(21)19-15(18(23)24-2)10-6-7-11-20-16(22)12-25-17(20)14-8-4-3-5-9-14/h3-5,8-9,15,17H,6-7,10-12H2,1-2H3,(H,19,21). The smallest absolute Gasteiger partial charge is 0.328 e. The first-order valence-electron chi connectivity index (χ1n) is 8.34. The highest BCUT2D eigenvalue weighted by molar-refractivity contribution is 8.00. The van der Waals surface area contributed by atoms with Crippen molar-refractivity contribution in [1.29, 1.82) is 0 Å². The fourth-order valence-electron chi connectivity index (χ4n) is 2.86. The first-order chi connectivity index (χ1) is 12.0. The number of amides is 2. The van der Waals surface area contributed by atoms with E-state index in [1.54, 1.807) is 11.8 Å². The Balaban J connectivity index is 1.85. The molecule has 2 amide bonds. The van der Waals surface area contributed by atoms with Crippen LogP contribution in [0.4, 0.5) is 0 Å². The molecule has 136 valence electrons.